The molecule has 0 aliphatic rings. The Kier molecular flexibility index (Phi) is 8.10. The minimum absolute atomic E-state index is 0.0471. The van der Waals surface area contributed by atoms with E-state index in [2.05, 4.69) is 10.1 Å². The molecule has 0 unspecified atom stereocenters. The number of ketones is 1. The van der Waals surface area contributed by atoms with Crippen LogP contribution in [0.5, 0.6) is 11.5 Å². The molecule has 0 aromatic heterocycles. The van der Waals surface area contributed by atoms with E-state index in [1.807, 2.05) is 6.07 Å². The van der Waals surface area contributed by atoms with Gasteiger partial charge in [0.05, 0.1) is 19.3 Å². The summed E-state index contributed by atoms with van der Waals surface area (Å²) in [6.45, 7) is -2.54. The summed E-state index contributed by atoms with van der Waals surface area (Å²) < 4.78 is 34.5. The normalized spacial score (nSPS) is 10.8. The van der Waals surface area contributed by atoms with E-state index in [1.165, 1.54) is 13.2 Å². The number of benzene rings is 3. The third-order valence-electron chi connectivity index (χ3n) is 4.79. The summed E-state index contributed by atoms with van der Waals surface area (Å²) in [5.74, 6) is -0.358. The van der Waals surface area contributed by atoms with Gasteiger partial charge < -0.3 is 14.8 Å². The molecule has 6 nitrogen and oxygen atoms in total. The second-order valence-corrected chi connectivity index (χ2v) is 7.32. The Labute approximate surface area is 190 Å². The minimum atomic E-state index is -2.95. The number of nitrogens with zero attached hydrogens (tertiary/aromatic N) is 1. The van der Waals surface area contributed by atoms with Crippen LogP contribution in [0.25, 0.3) is 0 Å². The lowest BCUT2D eigenvalue weighted by Crippen LogP contribution is -2.30. The van der Waals surface area contributed by atoms with Crippen LogP contribution in [-0.4, -0.2) is 43.9 Å². The van der Waals surface area contributed by atoms with Crippen molar-refractivity contribution in [3.63, 3.8) is 0 Å². The van der Waals surface area contributed by atoms with Crippen LogP contribution in [0.2, 0.25) is 0 Å². The number of halogens is 2. The standard InChI is InChI=1S/C25H24F2N2O4/c1-29(15-17-12-13-21(33-25(26)27)22(14-17)32-2)16-23(30)28-20-11-7-6-10-19(20)24(31)18-8-4-3-5-9-18/h3-14,25H,15-16H2,1-2H3,(H,28,30). The molecule has 0 aliphatic carbocycles. The molecular formula is C25H24F2N2O4. The molecule has 0 saturated carbocycles. The number of rotatable bonds is 10. The highest BCUT2D eigenvalue weighted by molar-refractivity contribution is 6.13. The molecule has 1 amide bonds. The van der Waals surface area contributed by atoms with Crippen LogP contribution in [0.3, 0.4) is 0 Å². The van der Waals surface area contributed by atoms with Crippen molar-refractivity contribution in [2.75, 3.05) is 26.0 Å². The molecule has 0 atom stereocenters. The van der Waals surface area contributed by atoms with Crippen LogP contribution in [0.4, 0.5) is 14.5 Å². The molecule has 0 saturated heterocycles. The van der Waals surface area contributed by atoms with Crippen molar-refractivity contribution < 1.29 is 27.8 Å². The van der Waals surface area contributed by atoms with Crippen molar-refractivity contribution >= 4 is 17.4 Å². The number of para-hydroxylation sites is 1. The fraction of sp³-hybridized carbons (Fsp3) is 0.200. The summed E-state index contributed by atoms with van der Waals surface area (Å²) in [4.78, 5) is 27.2. The van der Waals surface area contributed by atoms with Gasteiger partial charge in [-0.3, -0.25) is 14.5 Å². The molecule has 3 aromatic rings. The maximum Gasteiger partial charge on any atom is 0.387 e. The van der Waals surface area contributed by atoms with E-state index >= 15 is 0 Å². The predicted molar refractivity (Wildman–Crippen MR) is 121 cm³/mol. The fourth-order valence-corrected chi connectivity index (χ4v) is 3.34. The SMILES string of the molecule is COc1cc(CN(C)CC(=O)Nc2ccccc2C(=O)c2ccccc2)ccc1OC(F)F. The van der Waals surface area contributed by atoms with Gasteiger partial charge in [0.1, 0.15) is 0 Å². The van der Waals surface area contributed by atoms with Crippen LogP contribution < -0.4 is 14.8 Å². The molecule has 1 N–H and O–H groups in total. The van der Waals surface area contributed by atoms with Crippen LogP contribution >= 0.6 is 0 Å². The fourth-order valence-electron chi connectivity index (χ4n) is 3.34. The number of hydrogen-bond acceptors (Lipinski definition) is 5. The third-order valence-corrected chi connectivity index (χ3v) is 4.79. The van der Waals surface area contributed by atoms with E-state index in [-0.39, 0.29) is 29.7 Å². The molecule has 33 heavy (non-hydrogen) atoms. The number of carbonyl (C=O) groups excluding carboxylic acids is 2. The Morgan fingerprint density at radius 1 is 0.970 bits per heavy atom. The largest absolute Gasteiger partial charge is 0.493 e. The number of amides is 1. The lowest BCUT2D eigenvalue weighted by Gasteiger charge is -2.18. The zero-order chi connectivity index (χ0) is 23.8. The molecule has 0 spiro atoms. The molecule has 0 aliphatic heterocycles. The van der Waals surface area contributed by atoms with Crippen LogP contribution in [-0.2, 0) is 11.3 Å². The van der Waals surface area contributed by atoms with Crippen LogP contribution in [0, 0.1) is 0 Å². The molecule has 0 fully saturated rings. The zero-order valence-electron chi connectivity index (χ0n) is 18.3. The number of hydrogen-bond donors (Lipinski definition) is 1. The van der Waals surface area contributed by atoms with Crippen molar-refractivity contribution in [3.8, 4) is 11.5 Å². The number of nitrogens with one attached hydrogen (secondary N) is 1. The molecule has 0 heterocycles. The summed E-state index contributed by atoms with van der Waals surface area (Å²) >= 11 is 0. The van der Waals surface area contributed by atoms with Gasteiger partial charge in [0.25, 0.3) is 0 Å². The first-order valence-corrected chi connectivity index (χ1v) is 10.2. The number of alkyl halides is 2. The molecule has 0 radical (unpaired) electrons. The first kappa shape index (κ1) is 23.9. The van der Waals surface area contributed by atoms with Gasteiger partial charge in [-0.2, -0.15) is 8.78 Å². The average molecular weight is 454 g/mol. The highest BCUT2D eigenvalue weighted by atomic mass is 19.3. The summed E-state index contributed by atoms with van der Waals surface area (Å²) in [5.41, 5.74) is 2.12. The number of methoxy groups -OCH3 is 1. The smallest absolute Gasteiger partial charge is 0.387 e. The van der Waals surface area contributed by atoms with E-state index in [4.69, 9.17) is 4.74 Å². The number of carbonyl (C=O) groups is 2. The van der Waals surface area contributed by atoms with Crippen molar-refractivity contribution in [2.45, 2.75) is 13.2 Å². The Morgan fingerprint density at radius 2 is 1.67 bits per heavy atom. The summed E-state index contributed by atoms with van der Waals surface area (Å²) in [6.07, 6.45) is 0. The van der Waals surface area contributed by atoms with E-state index in [0.717, 1.165) is 5.56 Å². The lowest BCUT2D eigenvalue weighted by atomic mass is 10.0. The minimum Gasteiger partial charge on any atom is -0.493 e. The van der Waals surface area contributed by atoms with Crippen LogP contribution in [0.1, 0.15) is 21.5 Å². The maximum absolute atomic E-state index is 12.8. The maximum atomic E-state index is 12.8. The Bertz CT molecular complexity index is 1110. The number of likely N-dealkylation sites (N-methyl/N-ethyl adjacent to an activating group) is 1. The van der Waals surface area contributed by atoms with Crippen molar-refractivity contribution in [3.05, 3.63) is 89.5 Å². The predicted octanol–water partition coefficient (Wildman–Crippen LogP) is 4.60. The second kappa shape index (κ2) is 11.2. The molecule has 8 heteroatoms. The lowest BCUT2D eigenvalue weighted by molar-refractivity contribution is -0.117. The van der Waals surface area contributed by atoms with E-state index in [1.54, 1.807) is 72.6 Å². The van der Waals surface area contributed by atoms with Gasteiger partial charge in [0.15, 0.2) is 17.3 Å². The van der Waals surface area contributed by atoms with E-state index in [9.17, 15) is 18.4 Å². The molecule has 3 rings (SSSR count). The third kappa shape index (κ3) is 6.60. The first-order valence-electron chi connectivity index (χ1n) is 10.2. The van der Waals surface area contributed by atoms with Gasteiger partial charge in [-0.1, -0.05) is 48.5 Å². The van der Waals surface area contributed by atoms with E-state index in [0.29, 0.717) is 23.4 Å². The van der Waals surface area contributed by atoms with Gasteiger partial charge in [0, 0.05) is 17.7 Å². The Hall–Kier alpha value is -3.78. The molecule has 172 valence electrons. The average Bonchev–Trinajstić information content (AvgIpc) is 2.80. The monoisotopic (exact) mass is 454 g/mol. The van der Waals surface area contributed by atoms with Gasteiger partial charge >= 0.3 is 6.61 Å². The topological polar surface area (TPSA) is 67.9 Å². The number of ether oxygens (including phenoxy) is 2. The Morgan fingerprint density at radius 3 is 2.36 bits per heavy atom. The molecular weight excluding hydrogens is 430 g/mol. The second-order valence-electron chi connectivity index (χ2n) is 7.32. The highest BCUT2D eigenvalue weighted by Gasteiger charge is 2.16. The first-order chi connectivity index (χ1) is 15.9. The molecule has 0 bridgehead atoms. The Balaban J connectivity index is 1.64. The van der Waals surface area contributed by atoms with Gasteiger partial charge in [-0.25, -0.2) is 0 Å². The van der Waals surface area contributed by atoms with Crippen LogP contribution in [0.15, 0.2) is 72.8 Å². The summed E-state index contributed by atoms with van der Waals surface area (Å²) in [7, 11) is 3.11. The quantitative estimate of drug-likeness (QED) is 0.454. The summed E-state index contributed by atoms with van der Waals surface area (Å²) in [6, 6.07) is 20.3. The summed E-state index contributed by atoms with van der Waals surface area (Å²) in [5, 5.41) is 2.80. The van der Waals surface area contributed by atoms with Gasteiger partial charge in [0.2, 0.25) is 5.91 Å². The van der Waals surface area contributed by atoms with Gasteiger partial charge in [-0.05, 0) is 36.9 Å². The van der Waals surface area contributed by atoms with Crippen molar-refractivity contribution in [1.29, 1.82) is 0 Å². The molecule has 3 aromatic carbocycles. The van der Waals surface area contributed by atoms with Crippen molar-refractivity contribution in [2.24, 2.45) is 0 Å². The zero-order valence-corrected chi connectivity index (χ0v) is 18.3. The highest BCUT2D eigenvalue weighted by Crippen LogP contribution is 2.29. The van der Waals surface area contributed by atoms with E-state index < -0.39 is 6.61 Å². The van der Waals surface area contributed by atoms with Gasteiger partial charge in [-0.15, -0.1) is 0 Å². The van der Waals surface area contributed by atoms with Crippen molar-refractivity contribution in [1.82, 2.24) is 4.90 Å². The number of anilines is 1.